The van der Waals surface area contributed by atoms with E-state index in [1.54, 1.807) is 11.3 Å². The van der Waals surface area contributed by atoms with Crippen LogP contribution in [0.2, 0.25) is 0 Å². The molecule has 0 saturated carbocycles. The number of carbonyl (C=O) groups is 1. The zero-order valence-corrected chi connectivity index (χ0v) is 12.9. The van der Waals surface area contributed by atoms with Crippen LogP contribution in [0, 0.1) is 6.92 Å². The zero-order valence-electron chi connectivity index (χ0n) is 12.1. The lowest BCUT2D eigenvalue weighted by atomic mass is 10.2. The summed E-state index contributed by atoms with van der Waals surface area (Å²) in [6, 6.07) is 3.90. The Morgan fingerprint density at radius 2 is 2.14 bits per heavy atom. The molecule has 0 unspecified atom stereocenters. The van der Waals surface area contributed by atoms with E-state index in [1.165, 1.54) is 4.88 Å². The summed E-state index contributed by atoms with van der Waals surface area (Å²) in [5.74, 6) is 0.292. The highest BCUT2D eigenvalue weighted by Crippen LogP contribution is 2.29. The van der Waals surface area contributed by atoms with Crippen molar-refractivity contribution in [1.29, 1.82) is 0 Å². The Balaban J connectivity index is 2.44. The minimum absolute atomic E-state index is 0.116. The number of rotatable bonds is 3. The molecule has 3 rings (SSSR count). The van der Waals surface area contributed by atoms with Gasteiger partial charge in [0.2, 0.25) is 5.91 Å². The van der Waals surface area contributed by atoms with E-state index in [-0.39, 0.29) is 18.0 Å². The summed E-state index contributed by atoms with van der Waals surface area (Å²) in [6.45, 7) is 5.85. The predicted octanol–water partition coefficient (Wildman–Crippen LogP) is 1.63. The van der Waals surface area contributed by atoms with Crippen LogP contribution in [0.3, 0.4) is 0 Å². The quantitative estimate of drug-likeness (QED) is 0.798. The van der Waals surface area contributed by atoms with Crippen molar-refractivity contribution in [3.63, 3.8) is 0 Å². The second kappa shape index (κ2) is 4.70. The van der Waals surface area contributed by atoms with Crippen molar-refractivity contribution in [2.75, 3.05) is 0 Å². The molecule has 0 aliphatic heterocycles. The highest BCUT2D eigenvalue weighted by Gasteiger charge is 2.18. The molecule has 0 aromatic carbocycles. The van der Waals surface area contributed by atoms with Gasteiger partial charge in [0.25, 0.3) is 5.56 Å². The summed E-state index contributed by atoms with van der Waals surface area (Å²) in [7, 11) is 0. The average Bonchev–Trinajstić information content (AvgIpc) is 2.88. The fourth-order valence-corrected chi connectivity index (χ4v) is 3.49. The zero-order chi connectivity index (χ0) is 15.3. The maximum atomic E-state index is 12.5. The molecular formula is C14H16N4O2S. The summed E-state index contributed by atoms with van der Waals surface area (Å²) in [6.07, 6.45) is 0. The Kier molecular flexibility index (Phi) is 3.09. The van der Waals surface area contributed by atoms with Gasteiger partial charge in [0, 0.05) is 16.2 Å². The van der Waals surface area contributed by atoms with Crippen molar-refractivity contribution in [1.82, 2.24) is 14.2 Å². The van der Waals surface area contributed by atoms with Gasteiger partial charge < -0.3 is 5.73 Å². The molecule has 7 heteroatoms. The first kappa shape index (κ1) is 13.8. The Morgan fingerprint density at radius 1 is 1.43 bits per heavy atom. The number of aryl methyl sites for hydroxylation is 1. The lowest BCUT2D eigenvalue weighted by Crippen LogP contribution is -2.32. The molecule has 2 N–H and O–H groups in total. The molecule has 0 aliphatic carbocycles. The van der Waals surface area contributed by atoms with Gasteiger partial charge in [-0.25, -0.2) is 4.68 Å². The van der Waals surface area contributed by atoms with Crippen LogP contribution in [0.5, 0.6) is 0 Å². The third-order valence-corrected chi connectivity index (χ3v) is 4.38. The summed E-state index contributed by atoms with van der Waals surface area (Å²) >= 11 is 1.63. The van der Waals surface area contributed by atoms with Crippen molar-refractivity contribution < 1.29 is 4.79 Å². The number of amides is 1. The summed E-state index contributed by atoms with van der Waals surface area (Å²) in [5, 5.41) is 5.37. The minimum atomic E-state index is -0.576. The van der Waals surface area contributed by atoms with Gasteiger partial charge in [-0.2, -0.15) is 5.10 Å². The molecule has 0 bridgehead atoms. The molecule has 3 heterocycles. The summed E-state index contributed by atoms with van der Waals surface area (Å²) < 4.78 is 3.06. The molecular weight excluding hydrogens is 288 g/mol. The summed E-state index contributed by atoms with van der Waals surface area (Å²) in [5.41, 5.74) is 5.44. The van der Waals surface area contributed by atoms with Gasteiger partial charge in [0.1, 0.15) is 22.7 Å². The van der Waals surface area contributed by atoms with Gasteiger partial charge >= 0.3 is 0 Å². The molecule has 0 spiro atoms. The van der Waals surface area contributed by atoms with E-state index >= 15 is 0 Å². The van der Waals surface area contributed by atoms with Crippen LogP contribution in [0.15, 0.2) is 16.9 Å². The van der Waals surface area contributed by atoms with Gasteiger partial charge in [-0.1, -0.05) is 13.8 Å². The highest BCUT2D eigenvalue weighted by atomic mass is 32.1. The topological polar surface area (TPSA) is 82.4 Å². The van der Waals surface area contributed by atoms with Gasteiger partial charge in [-0.15, -0.1) is 11.3 Å². The Labute approximate surface area is 124 Å². The third-order valence-electron chi connectivity index (χ3n) is 3.33. The normalized spacial score (nSPS) is 11.8. The number of nitrogens with two attached hydrogens (primary N) is 1. The number of carbonyl (C=O) groups excluding carboxylic acids is 1. The first-order valence-electron chi connectivity index (χ1n) is 6.69. The molecule has 21 heavy (non-hydrogen) atoms. The number of aromatic nitrogens is 3. The van der Waals surface area contributed by atoms with Crippen LogP contribution in [0.25, 0.3) is 15.7 Å². The molecule has 0 atom stereocenters. The number of fused-ring (bicyclic) bond motifs is 3. The fraction of sp³-hybridized carbons (Fsp3) is 0.357. The maximum Gasteiger partial charge on any atom is 0.291 e. The first-order chi connectivity index (χ1) is 9.88. The second-order valence-corrected chi connectivity index (χ2v) is 6.66. The smallest absolute Gasteiger partial charge is 0.291 e. The molecule has 3 aromatic heterocycles. The molecule has 0 saturated heterocycles. The molecule has 0 radical (unpaired) electrons. The number of thiophene rings is 1. The fourth-order valence-electron chi connectivity index (χ4n) is 2.48. The van der Waals surface area contributed by atoms with Crippen molar-refractivity contribution in [2.24, 2.45) is 5.73 Å². The summed E-state index contributed by atoms with van der Waals surface area (Å²) in [4.78, 5) is 25.8. The van der Waals surface area contributed by atoms with Crippen LogP contribution in [0.4, 0.5) is 0 Å². The van der Waals surface area contributed by atoms with Crippen molar-refractivity contribution >= 4 is 33.0 Å². The van der Waals surface area contributed by atoms with Crippen LogP contribution < -0.4 is 11.3 Å². The van der Waals surface area contributed by atoms with E-state index in [9.17, 15) is 9.59 Å². The Hall–Kier alpha value is -2.15. The lowest BCUT2D eigenvalue weighted by Gasteiger charge is -2.12. The van der Waals surface area contributed by atoms with Gasteiger partial charge in [0.15, 0.2) is 0 Å². The van der Waals surface area contributed by atoms with Crippen molar-refractivity contribution in [2.45, 2.75) is 33.2 Å². The van der Waals surface area contributed by atoms with Crippen LogP contribution in [-0.4, -0.2) is 20.1 Å². The molecule has 110 valence electrons. The monoisotopic (exact) mass is 304 g/mol. The predicted molar refractivity (Wildman–Crippen MR) is 82.9 cm³/mol. The van der Waals surface area contributed by atoms with Crippen molar-refractivity contribution in [3.05, 3.63) is 33.2 Å². The molecule has 6 nitrogen and oxygen atoms in total. The van der Waals surface area contributed by atoms with E-state index in [1.807, 2.05) is 31.2 Å². The van der Waals surface area contributed by atoms with Gasteiger partial charge in [-0.05, 0) is 19.1 Å². The van der Waals surface area contributed by atoms with E-state index in [4.69, 9.17) is 5.73 Å². The molecule has 0 aliphatic rings. The maximum absolute atomic E-state index is 12.5. The van der Waals surface area contributed by atoms with Crippen LogP contribution >= 0.6 is 11.3 Å². The Morgan fingerprint density at radius 3 is 2.76 bits per heavy atom. The van der Waals surface area contributed by atoms with E-state index in [2.05, 4.69) is 11.2 Å². The van der Waals surface area contributed by atoms with Gasteiger partial charge in [0.05, 0.1) is 0 Å². The van der Waals surface area contributed by atoms with Crippen LogP contribution in [-0.2, 0) is 11.3 Å². The van der Waals surface area contributed by atoms with E-state index in [0.29, 0.717) is 5.52 Å². The average molecular weight is 304 g/mol. The molecule has 3 aromatic rings. The second-order valence-electron chi connectivity index (χ2n) is 5.42. The largest absolute Gasteiger partial charge is 0.368 e. The SMILES string of the molecule is Cc1cc2cc3c(=O)n(CC(N)=O)nc(C(C)C)n3c2s1. The molecule has 1 amide bonds. The first-order valence-corrected chi connectivity index (χ1v) is 7.51. The minimum Gasteiger partial charge on any atom is -0.368 e. The number of hydrogen-bond acceptors (Lipinski definition) is 4. The third kappa shape index (κ3) is 2.13. The number of nitrogens with zero attached hydrogens (tertiary/aromatic N) is 3. The lowest BCUT2D eigenvalue weighted by molar-refractivity contribution is -0.118. The highest BCUT2D eigenvalue weighted by molar-refractivity contribution is 7.18. The van der Waals surface area contributed by atoms with E-state index < -0.39 is 5.91 Å². The van der Waals surface area contributed by atoms with E-state index in [0.717, 1.165) is 20.7 Å². The Bertz CT molecular complexity index is 916. The standard InChI is InChI=1S/C14H16N4O2S/c1-7(2)12-16-17(6-11(15)19)13(20)10-5-9-4-8(3)21-14(9)18(10)12/h4-5,7H,6H2,1-3H3,(H2,15,19). The number of primary amides is 1. The number of hydrogen-bond donors (Lipinski definition) is 1. The van der Waals surface area contributed by atoms with Crippen molar-refractivity contribution in [3.8, 4) is 0 Å². The molecule has 0 fully saturated rings. The van der Waals surface area contributed by atoms with Crippen LogP contribution in [0.1, 0.15) is 30.5 Å². The van der Waals surface area contributed by atoms with Gasteiger partial charge in [-0.3, -0.25) is 14.0 Å².